The minimum Gasteiger partial charge on any atom is -0.497 e. The number of pyridine rings is 1. The fraction of sp³-hybridized carbons (Fsp3) is 0.154. The number of nitrogens with zero attached hydrogens (tertiary/aromatic N) is 1. The molecule has 20 heavy (non-hydrogen) atoms. The van der Waals surface area contributed by atoms with Crippen LogP contribution in [-0.4, -0.2) is 12.1 Å². The highest BCUT2D eigenvalue weighted by molar-refractivity contribution is 5.57. The highest BCUT2D eigenvalue weighted by Gasteiger charge is 2.35. The monoisotopic (exact) mass is 284 g/mol. The summed E-state index contributed by atoms with van der Waals surface area (Å²) in [5.41, 5.74) is 4.88. The Balaban J connectivity index is 2.40. The van der Waals surface area contributed by atoms with Crippen molar-refractivity contribution in [2.45, 2.75) is 6.18 Å². The van der Waals surface area contributed by atoms with Gasteiger partial charge in [-0.3, -0.25) is 0 Å². The maximum absolute atomic E-state index is 12.8. The van der Waals surface area contributed by atoms with Crippen molar-refractivity contribution in [3.8, 4) is 17.4 Å². The Hall–Kier alpha value is -2.44. The molecule has 0 saturated heterocycles. The predicted molar refractivity (Wildman–Crippen MR) is 66.7 cm³/mol. The van der Waals surface area contributed by atoms with E-state index in [-0.39, 0.29) is 11.4 Å². The second-order valence-electron chi connectivity index (χ2n) is 3.86. The van der Waals surface area contributed by atoms with Crippen LogP contribution in [0.15, 0.2) is 36.5 Å². The first-order valence-electron chi connectivity index (χ1n) is 5.55. The molecule has 2 rings (SSSR count). The number of benzene rings is 1. The maximum Gasteiger partial charge on any atom is 0.421 e. The van der Waals surface area contributed by atoms with Gasteiger partial charge in [-0.1, -0.05) is 0 Å². The second-order valence-corrected chi connectivity index (χ2v) is 3.86. The molecule has 0 radical (unpaired) electrons. The van der Waals surface area contributed by atoms with Crippen LogP contribution in [0.25, 0.3) is 0 Å². The second kappa shape index (κ2) is 5.28. The molecule has 0 bridgehead atoms. The summed E-state index contributed by atoms with van der Waals surface area (Å²) >= 11 is 0. The standard InChI is InChI=1S/C13H11F3N2O2/c1-19-8-4-5-10(17)11(7-8)20-12-9(13(14,15)16)3-2-6-18-12/h2-7H,17H2,1H3. The van der Waals surface area contributed by atoms with E-state index in [1.54, 1.807) is 6.07 Å². The molecule has 0 aliphatic heterocycles. The quantitative estimate of drug-likeness (QED) is 0.877. The van der Waals surface area contributed by atoms with Crippen molar-refractivity contribution in [2.24, 2.45) is 0 Å². The average molecular weight is 284 g/mol. The zero-order chi connectivity index (χ0) is 14.8. The molecule has 0 aliphatic rings. The Bertz CT molecular complexity index is 615. The topological polar surface area (TPSA) is 57.4 Å². The number of ether oxygens (including phenoxy) is 2. The van der Waals surface area contributed by atoms with Gasteiger partial charge in [0.2, 0.25) is 5.88 Å². The first-order valence-corrected chi connectivity index (χ1v) is 5.55. The number of hydrogen-bond acceptors (Lipinski definition) is 4. The Morgan fingerprint density at radius 2 is 1.95 bits per heavy atom. The fourth-order valence-electron chi connectivity index (χ4n) is 1.52. The SMILES string of the molecule is COc1ccc(N)c(Oc2ncccc2C(F)(F)F)c1. The van der Waals surface area contributed by atoms with Gasteiger partial charge in [0.1, 0.15) is 11.3 Å². The Morgan fingerprint density at radius 3 is 2.60 bits per heavy atom. The third-order valence-corrected chi connectivity index (χ3v) is 2.50. The zero-order valence-corrected chi connectivity index (χ0v) is 10.4. The molecule has 0 unspecified atom stereocenters. The first-order chi connectivity index (χ1) is 9.41. The number of aromatic nitrogens is 1. The Kier molecular flexibility index (Phi) is 3.69. The summed E-state index contributed by atoms with van der Waals surface area (Å²) in [5.74, 6) is -0.0906. The lowest BCUT2D eigenvalue weighted by Gasteiger charge is -2.13. The van der Waals surface area contributed by atoms with Crippen LogP contribution in [0.5, 0.6) is 17.4 Å². The van der Waals surface area contributed by atoms with Crippen LogP contribution < -0.4 is 15.2 Å². The van der Waals surface area contributed by atoms with Gasteiger partial charge in [0.15, 0.2) is 5.75 Å². The van der Waals surface area contributed by atoms with Gasteiger partial charge in [-0.2, -0.15) is 13.2 Å². The van der Waals surface area contributed by atoms with E-state index in [1.807, 2.05) is 0 Å². The van der Waals surface area contributed by atoms with E-state index in [0.29, 0.717) is 5.75 Å². The molecule has 0 fully saturated rings. The average Bonchev–Trinajstić information content (AvgIpc) is 2.41. The van der Waals surface area contributed by atoms with E-state index in [4.69, 9.17) is 15.2 Å². The lowest BCUT2D eigenvalue weighted by Crippen LogP contribution is -2.08. The van der Waals surface area contributed by atoms with Crippen LogP contribution >= 0.6 is 0 Å². The molecule has 0 amide bonds. The molecule has 4 nitrogen and oxygen atoms in total. The van der Waals surface area contributed by atoms with Crippen molar-refractivity contribution < 1.29 is 22.6 Å². The molecular formula is C13H11F3N2O2. The molecule has 2 N–H and O–H groups in total. The van der Waals surface area contributed by atoms with Crippen LogP contribution in [0.2, 0.25) is 0 Å². The minimum absolute atomic E-state index is 0.0496. The maximum atomic E-state index is 12.8. The Labute approximate surface area is 113 Å². The molecule has 0 atom stereocenters. The van der Waals surface area contributed by atoms with E-state index < -0.39 is 17.6 Å². The summed E-state index contributed by atoms with van der Waals surface area (Å²) in [6.45, 7) is 0. The van der Waals surface area contributed by atoms with E-state index in [9.17, 15) is 13.2 Å². The summed E-state index contributed by atoms with van der Waals surface area (Å²) < 4.78 is 48.6. The number of halogens is 3. The summed E-state index contributed by atoms with van der Waals surface area (Å²) in [6.07, 6.45) is -3.35. The number of nitrogen functional groups attached to an aromatic ring is 1. The van der Waals surface area contributed by atoms with E-state index in [2.05, 4.69) is 4.98 Å². The highest BCUT2D eigenvalue weighted by Crippen LogP contribution is 2.38. The van der Waals surface area contributed by atoms with Crippen LogP contribution in [-0.2, 0) is 6.18 Å². The molecular weight excluding hydrogens is 273 g/mol. The van der Waals surface area contributed by atoms with Gasteiger partial charge in [0, 0.05) is 12.3 Å². The molecule has 1 aromatic carbocycles. The fourth-order valence-corrected chi connectivity index (χ4v) is 1.52. The summed E-state index contributed by atoms with van der Waals surface area (Å²) in [5, 5.41) is 0. The number of rotatable bonds is 3. The summed E-state index contributed by atoms with van der Waals surface area (Å²) in [6, 6.07) is 6.52. The number of hydrogen-bond donors (Lipinski definition) is 1. The lowest BCUT2D eigenvalue weighted by atomic mass is 10.2. The number of methoxy groups -OCH3 is 1. The van der Waals surface area contributed by atoms with Crippen LogP contribution in [0.4, 0.5) is 18.9 Å². The van der Waals surface area contributed by atoms with Crippen molar-refractivity contribution in [3.05, 3.63) is 42.1 Å². The van der Waals surface area contributed by atoms with Gasteiger partial charge in [0.05, 0.1) is 12.8 Å². The van der Waals surface area contributed by atoms with Gasteiger partial charge in [-0.15, -0.1) is 0 Å². The minimum atomic E-state index is -4.56. The number of alkyl halides is 3. The molecule has 106 valence electrons. The van der Waals surface area contributed by atoms with Crippen LogP contribution in [0.1, 0.15) is 5.56 Å². The molecule has 2 aromatic rings. The molecule has 0 aliphatic carbocycles. The van der Waals surface area contributed by atoms with Crippen molar-refractivity contribution in [1.82, 2.24) is 4.98 Å². The van der Waals surface area contributed by atoms with Crippen molar-refractivity contribution >= 4 is 5.69 Å². The molecule has 0 spiro atoms. The third kappa shape index (κ3) is 2.93. The smallest absolute Gasteiger partial charge is 0.421 e. The van der Waals surface area contributed by atoms with Gasteiger partial charge in [-0.05, 0) is 24.3 Å². The lowest BCUT2D eigenvalue weighted by molar-refractivity contribution is -0.138. The summed E-state index contributed by atoms with van der Waals surface area (Å²) in [4.78, 5) is 3.60. The molecule has 1 heterocycles. The zero-order valence-electron chi connectivity index (χ0n) is 10.4. The van der Waals surface area contributed by atoms with E-state index in [1.165, 1.54) is 31.5 Å². The van der Waals surface area contributed by atoms with Crippen LogP contribution in [0, 0.1) is 0 Å². The Morgan fingerprint density at radius 1 is 1.20 bits per heavy atom. The predicted octanol–water partition coefficient (Wildman–Crippen LogP) is 3.48. The van der Waals surface area contributed by atoms with Crippen LogP contribution in [0.3, 0.4) is 0 Å². The molecule has 0 saturated carbocycles. The summed E-state index contributed by atoms with van der Waals surface area (Å²) in [7, 11) is 1.43. The van der Waals surface area contributed by atoms with Crippen molar-refractivity contribution in [1.29, 1.82) is 0 Å². The third-order valence-electron chi connectivity index (χ3n) is 2.50. The van der Waals surface area contributed by atoms with Crippen molar-refractivity contribution in [2.75, 3.05) is 12.8 Å². The van der Waals surface area contributed by atoms with E-state index >= 15 is 0 Å². The van der Waals surface area contributed by atoms with Gasteiger partial charge < -0.3 is 15.2 Å². The largest absolute Gasteiger partial charge is 0.497 e. The normalized spacial score (nSPS) is 11.2. The van der Waals surface area contributed by atoms with Gasteiger partial charge >= 0.3 is 6.18 Å². The number of nitrogens with two attached hydrogens (primary N) is 1. The molecule has 1 aromatic heterocycles. The highest BCUT2D eigenvalue weighted by atomic mass is 19.4. The van der Waals surface area contributed by atoms with Gasteiger partial charge in [-0.25, -0.2) is 4.98 Å². The molecule has 7 heteroatoms. The van der Waals surface area contributed by atoms with Gasteiger partial charge in [0.25, 0.3) is 0 Å². The number of anilines is 1. The van der Waals surface area contributed by atoms with Crippen molar-refractivity contribution in [3.63, 3.8) is 0 Å². The first kappa shape index (κ1) is 14.0. The van der Waals surface area contributed by atoms with E-state index in [0.717, 1.165) is 6.07 Å².